The summed E-state index contributed by atoms with van der Waals surface area (Å²) in [5.74, 6) is 0.770. The molecule has 1 aromatic carbocycles. The van der Waals surface area contributed by atoms with Crippen molar-refractivity contribution in [3.05, 3.63) is 29.8 Å². The summed E-state index contributed by atoms with van der Waals surface area (Å²) >= 11 is 0. The highest BCUT2D eigenvalue weighted by Crippen LogP contribution is 2.28. The highest BCUT2D eigenvalue weighted by Gasteiger charge is 2.24. The number of aliphatic hydroxyl groups is 1. The molecule has 16 heavy (non-hydrogen) atoms. The lowest BCUT2D eigenvalue weighted by Gasteiger charge is -2.39. The second kappa shape index (κ2) is 4.88. The highest BCUT2D eigenvalue weighted by molar-refractivity contribution is 5.49. The van der Waals surface area contributed by atoms with E-state index in [9.17, 15) is 0 Å². The van der Waals surface area contributed by atoms with Crippen molar-refractivity contribution >= 4 is 5.69 Å². The summed E-state index contributed by atoms with van der Waals surface area (Å²) < 4.78 is 0. The second-order valence-corrected chi connectivity index (χ2v) is 4.88. The molecule has 0 amide bonds. The first-order valence-electron chi connectivity index (χ1n) is 6.19. The second-order valence-electron chi connectivity index (χ2n) is 4.88. The fourth-order valence-corrected chi connectivity index (χ4v) is 2.49. The topological polar surface area (TPSA) is 23.5 Å². The monoisotopic (exact) mass is 219 g/mol. The van der Waals surface area contributed by atoms with E-state index in [0.29, 0.717) is 6.04 Å². The van der Waals surface area contributed by atoms with Crippen molar-refractivity contribution in [1.29, 1.82) is 0 Å². The lowest BCUT2D eigenvalue weighted by molar-refractivity contribution is 0.282. The molecular formula is C14H21NO. The Morgan fingerprint density at radius 1 is 1.25 bits per heavy atom. The van der Waals surface area contributed by atoms with Gasteiger partial charge in [0, 0.05) is 18.3 Å². The number of benzene rings is 1. The molecule has 2 unspecified atom stereocenters. The number of hydrogen-bond acceptors (Lipinski definition) is 2. The van der Waals surface area contributed by atoms with Crippen LogP contribution in [0.15, 0.2) is 24.3 Å². The molecule has 1 heterocycles. The van der Waals surface area contributed by atoms with Gasteiger partial charge in [-0.2, -0.15) is 0 Å². The van der Waals surface area contributed by atoms with Crippen molar-refractivity contribution < 1.29 is 5.11 Å². The van der Waals surface area contributed by atoms with Gasteiger partial charge in [-0.3, -0.25) is 0 Å². The van der Waals surface area contributed by atoms with Crippen LogP contribution in [0.3, 0.4) is 0 Å². The van der Waals surface area contributed by atoms with Crippen LogP contribution in [-0.4, -0.2) is 17.7 Å². The van der Waals surface area contributed by atoms with Gasteiger partial charge < -0.3 is 10.0 Å². The molecule has 2 nitrogen and oxygen atoms in total. The van der Waals surface area contributed by atoms with Gasteiger partial charge in [-0.25, -0.2) is 0 Å². The molecule has 1 aliphatic rings. The van der Waals surface area contributed by atoms with E-state index in [-0.39, 0.29) is 6.61 Å². The number of nitrogens with zero attached hydrogens (tertiary/aromatic N) is 1. The normalized spacial score (nSPS) is 25.8. The zero-order valence-corrected chi connectivity index (χ0v) is 10.2. The van der Waals surface area contributed by atoms with E-state index in [4.69, 9.17) is 5.11 Å². The molecule has 1 saturated heterocycles. The van der Waals surface area contributed by atoms with Crippen molar-refractivity contribution in [2.45, 2.75) is 39.3 Å². The molecule has 2 heteroatoms. The summed E-state index contributed by atoms with van der Waals surface area (Å²) in [5.41, 5.74) is 2.28. The predicted octanol–water partition coefficient (Wildman–Crippen LogP) is 2.80. The Labute approximate surface area is 97.9 Å². The molecular weight excluding hydrogens is 198 g/mol. The first-order chi connectivity index (χ1) is 7.72. The van der Waals surface area contributed by atoms with Crippen LogP contribution in [0.2, 0.25) is 0 Å². The number of aliphatic hydroxyl groups excluding tert-OH is 1. The number of piperidine rings is 1. The maximum Gasteiger partial charge on any atom is 0.0681 e. The van der Waals surface area contributed by atoms with Gasteiger partial charge in [-0.05, 0) is 43.4 Å². The van der Waals surface area contributed by atoms with Crippen LogP contribution >= 0.6 is 0 Å². The van der Waals surface area contributed by atoms with Gasteiger partial charge in [0.25, 0.3) is 0 Å². The van der Waals surface area contributed by atoms with Crippen LogP contribution in [-0.2, 0) is 6.61 Å². The van der Waals surface area contributed by atoms with Crippen LogP contribution in [0.1, 0.15) is 32.3 Å². The molecule has 88 valence electrons. The van der Waals surface area contributed by atoms with Gasteiger partial charge in [0.05, 0.1) is 6.61 Å². The largest absolute Gasteiger partial charge is 0.392 e. The summed E-state index contributed by atoms with van der Waals surface area (Å²) in [6, 6.07) is 8.90. The third-order valence-electron chi connectivity index (χ3n) is 3.82. The third-order valence-corrected chi connectivity index (χ3v) is 3.82. The maximum atomic E-state index is 9.02. The van der Waals surface area contributed by atoms with Gasteiger partial charge in [0.2, 0.25) is 0 Å². The Kier molecular flexibility index (Phi) is 3.49. The van der Waals surface area contributed by atoms with Crippen LogP contribution in [0.5, 0.6) is 0 Å². The Bertz CT molecular complexity index is 333. The van der Waals surface area contributed by atoms with Crippen molar-refractivity contribution in [2.24, 2.45) is 5.92 Å². The molecule has 1 N–H and O–H groups in total. The molecule has 1 aromatic rings. The van der Waals surface area contributed by atoms with Gasteiger partial charge in [0.15, 0.2) is 0 Å². The number of hydrogen-bond donors (Lipinski definition) is 1. The minimum Gasteiger partial charge on any atom is -0.392 e. The summed E-state index contributed by atoms with van der Waals surface area (Å²) in [7, 11) is 0. The smallest absolute Gasteiger partial charge is 0.0681 e. The number of rotatable bonds is 2. The SMILES string of the molecule is CC1CCCN(c2ccc(CO)cc2)C1C. The molecule has 0 saturated carbocycles. The Balaban J connectivity index is 2.15. The summed E-state index contributed by atoms with van der Waals surface area (Å²) in [5, 5.41) is 9.02. The predicted molar refractivity (Wildman–Crippen MR) is 67.6 cm³/mol. The minimum absolute atomic E-state index is 0.131. The average Bonchev–Trinajstić information content (AvgIpc) is 2.33. The van der Waals surface area contributed by atoms with E-state index < -0.39 is 0 Å². The standard InChI is InChI=1S/C14H21NO/c1-11-4-3-9-15(12(11)2)14-7-5-13(10-16)6-8-14/h5-8,11-12,16H,3-4,9-10H2,1-2H3. The van der Waals surface area contributed by atoms with E-state index in [1.165, 1.54) is 18.5 Å². The van der Waals surface area contributed by atoms with Crippen LogP contribution in [0.4, 0.5) is 5.69 Å². The zero-order valence-electron chi connectivity index (χ0n) is 10.2. The fraction of sp³-hybridized carbons (Fsp3) is 0.571. The van der Waals surface area contributed by atoms with Crippen molar-refractivity contribution in [3.8, 4) is 0 Å². The quantitative estimate of drug-likeness (QED) is 0.826. The van der Waals surface area contributed by atoms with Crippen LogP contribution < -0.4 is 4.90 Å². The number of anilines is 1. The Morgan fingerprint density at radius 3 is 2.56 bits per heavy atom. The van der Waals surface area contributed by atoms with Crippen molar-refractivity contribution in [2.75, 3.05) is 11.4 Å². The van der Waals surface area contributed by atoms with Crippen molar-refractivity contribution in [1.82, 2.24) is 0 Å². The lowest BCUT2D eigenvalue weighted by Crippen LogP contribution is -2.42. The Hall–Kier alpha value is -1.02. The molecule has 0 bridgehead atoms. The van der Waals surface area contributed by atoms with E-state index in [1.54, 1.807) is 0 Å². The minimum atomic E-state index is 0.131. The average molecular weight is 219 g/mol. The molecule has 0 aliphatic carbocycles. The van der Waals surface area contributed by atoms with E-state index >= 15 is 0 Å². The van der Waals surface area contributed by atoms with Crippen molar-refractivity contribution in [3.63, 3.8) is 0 Å². The molecule has 0 aromatic heterocycles. The lowest BCUT2D eigenvalue weighted by atomic mass is 9.91. The maximum absolute atomic E-state index is 9.02. The highest BCUT2D eigenvalue weighted by atomic mass is 16.3. The van der Waals surface area contributed by atoms with Gasteiger partial charge in [0.1, 0.15) is 0 Å². The Morgan fingerprint density at radius 2 is 1.94 bits per heavy atom. The summed E-state index contributed by atoms with van der Waals surface area (Å²) in [6.07, 6.45) is 2.62. The van der Waals surface area contributed by atoms with Gasteiger partial charge in [-0.1, -0.05) is 19.1 Å². The van der Waals surface area contributed by atoms with Crippen LogP contribution in [0.25, 0.3) is 0 Å². The fourth-order valence-electron chi connectivity index (χ4n) is 2.49. The molecule has 2 atom stereocenters. The van der Waals surface area contributed by atoms with Crippen LogP contribution in [0, 0.1) is 5.92 Å². The van der Waals surface area contributed by atoms with E-state index in [1.807, 2.05) is 12.1 Å². The van der Waals surface area contributed by atoms with Gasteiger partial charge >= 0.3 is 0 Å². The summed E-state index contributed by atoms with van der Waals surface area (Å²) in [4.78, 5) is 2.48. The first kappa shape index (κ1) is 11.5. The molecule has 2 rings (SSSR count). The van der Waals surface area contributed by atoms with Gasteiger partial charge in [-0.15, -0.1) is 0 Å². The van der Waals surface area contributed by atoms with E-state index in [2.05, 4.69) is 30.9 Å². The third kappa shape index (κ3) is 2.22. The molecule has 1 fully saturated rings. The zero-order chi connectivity index (χ0) is 11.5. The van der Waals surface area contributed by atoms with E-state index in [0.717, 1.165) is 18.0 Å². The molecule has 0 radical (unpaired) electrons. The summed E-state index contributed by atoms with van der Waals surface area (Å²) in [6.45, 7) is 5.93. The molecule has 1 aliphatic heterocycles. The molecule has 0 spiro atoms. The first-order valence-corrected chi connectivity index (χ1v) is 6.19.